The van der Waals surface area contributed by atoms with Crippen molar-refractivity contribution in [2.24, 2.45) is 0 Å². The van der Waals surface area contributed by atoms with E-state index in [9.17, 15) is 9.18 Å². The van der Waals surface area contributed by atoms with Crippen LogP contribution in [0.2, 0.25) is 0 Å². The number of aromatic nitrogens is 3. The summed E-state index contributed by atoms with van der Waals surface area (Å²) in [6, 6.07) is 10.7. The number of fused-ring (bicyclic) bond motifs is 1. The standard InChI is InChI=1S/C25H27FN4O/c1-16-13-19(17-8-10-20(26)11-9-17)14-23(27-16)18-5-4-12-30(15-18)25(31)24-21-6-2-3-7-22(21)28-29-24/h8-11,13-14,18H,2-7,12,15H2,1H3,(H,28,29)/t18-/m0/s1. The van der Waals surface area contributed by atoms with Gasteiger partial charge in [0.15, 0.2) is 5.69 Å². The third-order valence-corrected chi connectivity index (χ3v) is 6.54. The lowest BCUT2D eigenvalue weighted by Crippen LogP contribution is -2.40. The molecule has 1 aromatic carbocycles. The van der Waals surface area contributed by atoms with Crippen LogP contribution < -0.4 is 0 Å². The topological polar surface area (TPSA) is 61.9 Å². The summed E-state index contributed by atoms with van der Waals surface area (Å²) in [6.45, 7) is 3.39. The number of likely N-dealkylation sites (tertiary alicyclic amines) is 1. The van der Waals surface area contributed by atoms with E-state index in [1.54, 1.807) is 12.1 Å². The van der Waals surface area contributed by atoms with Gasteiger partial charge < -0.3 is 4.90 Å². The number of benzene rings is 1. The number of hydrogen-bond donors (Lipinski definition) is 1. The molecule has 0 saturated carbocycles. The molecule has 0 unspecified atom stereocenters. The summed E-state index contributed by atoms with van der Waals surface area (Å²) in [4.78, 5) is 20.0. The summed E-state index contributed by atoms with van der Waals surface area (Å²) in [6.07, 6.45) is 6.15. The lowest BCUT2D eigenvalue weighted by atomic mass is 9.91. The fourth-order valence-electron chi connectivity index (χ4n) is 4.92. The second kappa shape index (κ2) is 8.25. The zero-order chi connectivity index (χ0) is 21.4. The summed E-state index contributed by atoms with van der Waals surface area (Å²) in [7, 11) is 0. The molecule has 3 heterocycles. The average Bonchev–Trinajstić information content (AvgIpc) is 3.23. The van der Waals surface area contributed by atoms with Gasteiger partial charge in [-0.25, -0.2) is 4.39 Å². The number of pyridine rings is 1. The van der Waals surface area contributed by atoms with Crippen molar-refractivity contribution in [2.45, 2.75) is 51.4 Å². The number of piperidine rings is 1. The van der Waals surface area contributed by atoms with E-state index >= 15 is 0 Å². The average molecular weight is 419 g/mol. The van der Waals surface area contributed by atoms with Crippen molar-refractivity contribution in [3.63, 3.8) is 0 Å². The number of nitrogens with zero attached hydrogens (tertiary/aromatic N) is 3. The van der Waals surface area contributed by atoms with Crippen LogP contribution in [-0.2, 0) is 12.8 Å². The first-order valence-corrected chi connectivity index (χ1v) is 11.2. The van der Waals surface area contributed by atoms with Crippen molar-refractivity contribution in [3.05, 3.63) is 70.6 Å². The summed E-state index contributed by atoms with van der Waals surface area (Å²) < 4.78 is 13.3. The highest BCUT2D eigenvalue weighted by atomic mass is 19.1. The normalized spacial score (nSPS) is 18.6. The van der Waals surface area contributed by atoms with Gasteiger partial charge in [0, 0.05) is 41.7 Å². The molecule has 1 aliphatic heterocycles. The van der Waals surface area contributed by atoms with E-state index in [1.807, 2.05) is 17.9 Å². The van der Waals surface area contributed by atoms with Gasteiger partial charge in [-0.05, 0) is 80.8 Å². The van der Waals surface area contributed by atoms with Gasteiger partial charge in [0.1, 0.15) is 5.82 Å². The molecule has 1 saturated heterocycles. The minimum absolute atomic E-state index is 0.0375. The molecule has 3 aromatic rings. The number of aryl methyl sites for hydroxylation is 2. The minimum Gasteiger partial charge on any atom is -0.337 e. The monoisotopic (exact) mass is 418 g/mol. The van der Waals surface area contributed by atoms with E-state index in [0.717, 1.165) is 78.8 Å². The summed E-state index contributed by atoms with van der Waals surface area (Å²) in [5, 5.41) is 7.47. The molecule has 0 radical (unpaired) electrons. The molecule has 6 heteroatoms. The van der Waals surface area contributed by atoms with Gasteiger partial charge in [-0.3, -0.25) is 14.9 Å². The maximum absolute atomic E-state index is 13.3. The molecule has 0 bridgehead atoms. The van der Waals surface area contributed by atoms with Crippen molar-refractivity contribution in [2.75, 3.05) is 13.1 Å². The van der Waals surface area contributed by atoms with E-state index < -0.39 is 0 Å². The first-order chi connectivity index (χ1) is 15.1. The first kappa shape index (κ1) is 19.9. The number of hydrogen-bond acceptors (Lipinski definition) is 3. The predicted octanol–water partition coefficient (Wildman–Crippen LogP) is 4.82. The van der Waals surface area contributed by atoms with Crippen LogP contribution in [0.1, 0.15) is 64.7 Å². The molecular weight excluding hydrogens is 391 g/mol. The van der Waals surface area contributed by atoms with Crippen LogP contribution in [0, 0.1) is 12.7 Å². The van der Waals surface area contributed by atoms with E-state index in [-0.39, 0.29) is 17.6 Å². The van der Waals surface area contributed by atoms with Crippen LogP contribution in [0.15, 0.2) is 36.4 Å². The Bertz CT molecular complexity index is 1110. The second-order valence-corrected chi connectivity index (χ2v) is 8.76. The second-order valence-electron chi connectivity index (χ2n) is 8.76. The third-order valence-electron chi connectivity index (χ3n) is 6.54. The molecule has 5 rings (SSSR count). The molecule has 160 valence electrons. The summed E-state index contributed by atoms with van der Waals surface area (Å²) in [5.74, 6) is -0.0150. The predicted molar refractivity (Wildman–Crippen MR) is 117 cm³/mol. The van der Waals surface area contributed by atoms with E-state index in [0.29, 0.717) is 12.2 Å². The fourth-order valence-corrected chi connectivity index (χ4v) is 4.92. The highest BCUT2D eigenvalue weighted by Crippen LogP contribution is 2.31. The number of halogens is 1. The SMILES string of the molecule is Cc1cc(-c2ccc(F)cc2)cc([C@H]2CCCN(C(=O)c3n[nH]c4c3CCCC4)C2)n1. The lowest BCUT2D eigenvalue weighted by molar-refractivity contribution is 0.0698. The number of H-pyrrole nitrogens is 1. The van der Waals surface area contributed by atoms with E-state index in [2.05, 4.69) is 16.3 Å². The van der Waals surface area contributed by atoms with Gasteiger partial charge in [-0.1, -0.05) is 12.1 Å². The number of carbonyl (C=O) groups excluding carboxylic acids is 1. The molecule has 1 fully saturated rings. The third kappa shape index (κ3) is 3.99. The molecule has 0 spiro atoms. The van der Waals surface area contributed by atoms with Crippen molar-refractivity contribution < 1.29 is 9.18 Å². The Labute approximate surface area is 181 Å². The number of carbonyl (C=O) groups is 1. The largest absolute Gasteiger partial charge is 0.337 e. The van der Waals surface area contributed by atoms with Crippen molar-refractivity contribution >= 4 is 5.91 Å². The molecule has 2 aromatic heterocycles. The summed E-state index contributed by atoms with van der Waals surface area (Å²) in [5.41, 5.74) is 6.80. The van der Waals surface area contributed by atoms with Gasteiger partial charge in [0.25, 0.3) is 5.91 Å². The Morgan fingerprint density at radius 3 is 2.74 bits per heavy atom. The van der Waals surface area contributed by atoms with Crippen LogP contribution in [0.25, 0.3) is 11.1 Å². The molecule has 31 heavy (non-hydrogen) atoms. The molecule has 1 amide bonds. The van der Waals surface area contributed by atoms with Crippen LogP contribution in [0.5, 0.6) is 0 Å². The molecule has 1 atom stereocenters. The molecule has 1 aliphatic carbocycles. The highest BCUT2D eigenvalue weighted by Gasteiger charge is 2.30. The molecule has 5 nitrogen and oxygen atoms in total. The van der Waals surface area contributed by atoms with E-state index in [4.69, 9.17) is 4.98 Å². The van der Waals surface area contributed by atoms with Crippen LogP contribution >= 0.6 is 0 Å². The highest BCUT2D eigenvalue weighted by molar-refractivity contribution is 5.94. The zero-order valence-electron chi connectivity index (χ0n) is 17.8. The maximum Gasteiger partial charge on any atom is 0.274 e. The zero-order valence-corrected chi connectivity index (χ0v) is 17.8. The Balaban J connectivity index is 1.38. The molecule has 1 N–H and O–H groups in total. The van der Waals surface area contributed by atoms with Crippen molar-refractivity contribution in [3.8, 4) is 11.1 Å². The Hall–Kier alpha value is -3.02. The Morgan fingerprint density at radius 1 is 1.10 bits per heavy atom. The van der Waals surface area contributed by atoms with Crippen LogP contribution in [-0.4, -0.2) is 39.1 Å². The van der Waals surface area contributed by atoms with Crippen LogP contribution in [0.3, 0.4) is 0 Å². The van der Waals surface area contributed by atoms with Gasteiger partial charge in [-0.15, -0.1) is 0 Å². The van der Waals surface area contributed by atoms with Crippen molar-refractivity contribution in [1.29, 1.82) is 0 Å². The quantitative estimate of drug-likeness (QED) is 0.663. The maximum atomic E-state index is 13.3. The lowest BCUT2D eigenvalue weighted by Gasteiger charge is -2.32. The Kier molecular flexibility index (Phi) is 5.30. The number of rotatable bonds is 3. The summed E-state index contributed by atoms with van der Waals surface area (Å²) >= 11 is 0. The van der Waals surface area contributed by atoms with Gasteiger partial charge in [0.05, 0.1) is 0 Å². The minimum atomic E-state index is -0.239. The number of aromatic amines is 1. The smallest absolute Gasteiger partial charge is 0.274 e. The van der Waals surface area contributed by atoms with Gasteiger partial charge in [0.2, 0.25) is 0 Å². The van der Waals surface area contributed by atoms with Crippen molar-refractivity contribution in [1.82, 2.24) is 20.1 Å². The molecule has 2 aliphatic rings. The fraction of sp³-hybridized carbons (Fsp3) is 0.400. The van der Waals surface area contributed by atoms with Crippen LogP contribution in [0.4, 0.5) is 4.39 Å². The van der Waals surface area contributed by atoms with E-state index in [1.165, 1.54) is 12.1 Å². The first-order valence-electron chi connectivity index (χ1n) is 11.2. The molecular formula is C25H27FN4O. The number of nitrogens with one attached hydrogen (secondary N) is 1. The van der Waals surface area contributed by atoms with Gasteiger partial charge >= 0.3 is 0 Å². The number of amides is 1. The van der Waals surface area contributed by atoms with Gasteiger partial charge in [-0.2, -0.15) is 5.10 Å². The Morgan fingerprint density at radius 2 is 1.90 bits per heavy atom.